The first-order chi connectivity index (χ1) is 7.99. The minimum Gasteiger partial charge on any atom is -0.389 e. The molecular formula is C14H20ClNO. The van der Waals surface area contributed by atoms with Gasteiger partial charge in [0.05, 0.1) is 6.10 Å². The van der Waals surface area contributed by atoms with Crippen molar-refractivity contribution in [1.82, 2.24) is 0 Å². The maximum Gasteiger partial charge on any atom is 0.0776 e. The number of halogens is 1. The Morgan fingerprint density at radius 2 is 2.12 bits per heavy atom. The molecular weight excluding hydrogens is 234 g/mol. The maximum absolute atomic E-state index is 9.56. The predicted molar refractivity (Wildman–Crippen MR) is 72.7 cm³/mol. The van der Waals surface area contributed by atoms with E-state index in [0.29, 0.717) is 11.1 Å². The molecule has 0 spiro atoms. The molecule has 3 heteroatoms. The molecule has 3 unspecified atom stereocenters. The van der Waals surface area contributed by atoms with Crippen LogP contribution in [-0.4, -0.2) is 17.7 Å². The van der Waals surface area contributed by atoms with Gasteiger partial charge in [-0.2, -0.15) is 0 Å². The van der Waals surface area contributed by atoms with Gasteiger partial charge in [0.1, 0.15) is 0 Å². The van der Waals surface area contributed by atoms with Crippen LogP contribution in [0.5, 0.6) is 0 Å². The number of aliphatic hydroxyl groups is 1. The summed E-state index contributed by atoms with van der Waals surface area (Å²) in [7, 11) is 0. The molecule has 1 aliphatic heterocycles. The minimum atomic E-state index is -0.508. The summed E-state index contributed by atoms with van der Waals surface area (Å²) in [6, 6.07) is 6.53. The number of aliphatic hydroxyl groups excluding tert-OH is 1. The summed E-state index contributed by atoms with van der Waals surface area (Å²) in [5, 5.41) is 10.2. The van der Waals surface area contributed by atoms with Gasteiger partial charge in [0, 0.05) is 23.3 Å². The molecule has 94 valence electrons. The van der Waals surface area contributed by atoms with Crippen molar-refractivity contribution >= 4 is 17.3 Å². The van der Waals surface area contributed by atoms with E-state index in [0.717, 1.165) is 23.7 Å². The molecule has 1 saturated heterocycles. The molecule has 0 aliphatic carbocycles. The zero-order chi connectivity index (χ0) is 12.6. The van der Waals surface area contributed by atoms with E-state index >= 15 is 0 Å². The van der Waals surface area contributed by atoms with Crippen molar-refractivity contribution in [2.75, 3.05) is 11.4 Å². The second-order valence-corrected chi connectivity index (χ2v) is 5.63. The van der Waals surface area contributed by atoms with E-state index in [9.17, 15) is 5.11 Å². The number of hydrogen-bond acceptors (Lipinski definition) is 2. The van der Waals surface area contributed by atoms with Crippen LogP contribution in [0.2, 0.25) is 5.02 Å². The molecule has 1 aromatic rings. The average molecular weight is 254 g/mol. The number of rotatable bonds is 2. The number of anilines is 1. The molecule has 2 rings (SSSR count). The van der Waals surface area contributed by atoms with Gasteiger partial charge in [-0.1, -0.05) is 24.6 Å². The fourth-order valence-electron chi connectivity index (χ4n) is 2.69. The minimum absolute atomic E-state index is 0.508. The highest BCUT2D eigenvalue weighted by Gasteiger charge is 2.26. The third-order valence-corrected chi connectivity index (χ3v) is 3.88. The fourth-order valence-corrected chi connectivity index (χ4v) is 3.03. The largest absolute Gasteiger partial charge is 0.389 e. The fraction of sp³-hybridized carbons (Fsp3) is 0.571. The lowest BCUT2D eigenvalue weighted by atomic mass is 10.1. The highest BCUT2D eigenvalue weighted by molar-refractivity contribution is 6.31. The topological polar surface area (TPSA) is 23.5 Å². The summed E-state index contributed by atoms with van der Waals surface area (Å²) >= 11 is 6.20. The Labute approximate surface area is 108 Å². The van der Waals surface area contributed by atoms with Crippen molar-refractivity contribution in [3.63, 3.8) is 0 Å². The van der Waals surface area contributed by atoms with Gasteiger partial charge in [-0.15, -0.1) is 0 Å². The first-order valence-corrected chi connectivity index (χ1v) is 6.61. The van der Waals surface area contributed by atoms with E-state index in [4.69, 9.17) is 11.6 Å². The molecule has 1 N–H and O–H groups in total. The lowest BCUT2D eigenvalue weighted by Crippen LogP contribution is -2.26. The first-order valence-electron chi connectivity index (χ1n) is 6.23. The van der Waals surface area contributed by atoms with Crippen LogP contribution in [0.1, 0.15) is 38.9 Å². The Morgan fingerprint density at radius 3 is 2.59 bits per heavy atom. The maximum atomic E-state index is 9.56. The van der Waals surface area contributed by atoms with E-state index in [2.05, 4.69) is 24.8 Å². The molecule has 3 atom stereocenters. The molecule has 2 nitrogen and oxygen atoms in total. The van der Waals surface area contributed by atoms with Crippen LogP contribution in [0.15, 0.2) is 18.2 Å². The summed E-state index contributed by atoms with van der Waals surface area (Å²) in [5.74, 6) is 0.736. The van der Waals surface area contributed by atoms with E-state index in [1.165, 1.54) is 6.42 Å². The van der Waals surface area contributed by atoms with Crippen LogP contribution < -0.4 is 4.90 Å². The van der Waals surface area contributed by atoms with Crippen LogP contribution in [0.25, 0.3) is 0 Å². The quantitative estimate of drug-likeness (QED) is 0.870. The van der Waals surface area contributed by atoms with Crippen molar-refractivity contribution in [3.05, 3.63) is 28.8 Å². The second-order valence-electron chi connectivity index (χ2n) is 5.22. The summed E-state index contributed by atoms with van der Waals surface area (Å²) in [6.07, 6.45) is 0.724. The molecule has 1 fully saturated rings. The summed E-state index contributed by atoms with van der Waals surface area (Å²) in [5.41, 5.74) is 1.96. The summed E-state index contributed by atoms with van der Waals surface area (Å²) < 4.78 is 0. The van der Waals surface area contributed by atoms with Crippen LogP contribution >= 0.6 is 11.6 Å². The van der Waals surface area contributed by atoms with Crippen molar-refractivity contribution in [2.45, 2.75) is 39.3 Å². The van der Waals surface area contributed by atoms with Crippen molar-refractivity contribution in [3.8, 4) is 0 Å². The Bertz CT molecular complexity index is 405. The lowest BCUT2D eigenvalue weighted by Gasteiger charge is -2.24. The standard InChI is InChI=1S/C14H20ClNO/c1-9-6-10(2)16(8-9)12-4-5-13(11(3)17)14(15)7-12/h4-5,7,9-11,17H,6,8H2,1-3H3. The highest BCUT2D eigenvalue weighted by atomic mass is 35.5. The molecule has 1 aromatic carbocycles. The van der Waals surface area contributed by atoms with Gasteiger partial charge in [-0.05, 0) is 43.9 Å². The van der Waals surface area contributed by atoms with E-state index in [-0.39, 0.29) is 0 Å². The molecule has 17 heavy (non-hydrogen) atoms. The predicted octanol–water partition coefficient (Wildman–Crippen LogP) is 3.63. The zero-order valence-corrected chi connectivity index (χ0v) is 11.4. The van der Waals surface area contributed by atoms with Crippen molar-refractivity contribution in [2.24, 2.45) is 5.92 Å². The van der Waals surface area contributed by atoms with Crippen LogP contribution in [0.4, 0.5) is 5.69 Å². The third-order valence-electron chi connectivity index (χ3n) is 3.55. The molecule has 0 bridgehead atoms. The monoisotopic (exact) mass is 253 g/mol. The number of benzene rings is 1. The molecule has 0 amide bonds. The van der Waals surface area contributed by atoms with Gasteiger partial charge >= 0.3 is 0 Å². The molecule has 1 heterocycles. The second kappa shape index (κ2) is 4.87. The molecule has 1 aliphatic rings. The Balaban J connectivity index is 2.26. The molecule has 0 saturated carbocycles. The van der Waals surface area contributed by atoms with E-state index in [1.807, 2.05) is 12.1 Å². The van der Waals surface area contributed by atoms with Gasteiger partial charge < -0.3 is 10.0 Å². The van der Waals surface area contributed by atoms with Crippen molar-refractivity contribution in [1.29, 1.82) is 0 Å². The normalized spacial score (nSPS) is 26.3. The first kappa shape index (κ1) is 12.7. The summed E-state index contributed by atoms with van der Waals surface area (Å²) in [4.78, 5) is 2.39. The van der Waals surface area contributed by atoms with Crippen molar-refractivity contribution < 1.29 is 5.11 Å². The van der Waals surface area contributed by atoms with Crippen LogP contribution in [0.3, 0.4) is 0 Å². The smallest absolute Gasteiger partial charge is 0.0776 e. The Morgan fingerprint density at radius 1 is 1.41 bits per heavy atom. The highest BCUT2D eigenvalue weighted by Crippen LogP contribution is 2.33. The number of nitrogens with zero attached hydrogens (tertiary/aromatic N) is 1. The van der Waals surface area contributed by atoms with Crippen LogP contribution in [0, 0.1) is 5.92 Å². The molecule has 0 aromatic heterocycles. The lowest BCUT2D eigenvalue weighted by molar-refractivity contribution is 0.199. The van der Waals surface area contributed by atoms with Gasteiger partial charge in [-0.3, -0.25) is 0 Å². The van der Waals surface area contributed by atoms with Gasteiger partial charge in [-0.25, -0.2) is 0 Å². The average Bonchev–Trinajstić information content (AvgIpc) is 2.57. The zero-order valence-electron chi connectivity index (χ0n) is 10.7. The van der Waals surface area contributed by atoms with E-state index < -0.39 is 6.10 Å². The SMILES string of the molecule is CC1CC(C)N(c2ccc(C(C)O)c(Cl)c2)C1. The molecule has 0 radical (unpaired) electrons. The van der Waals surface area contributed by atoms with Crippen LogP contribution in [-0.2, 0) is 0 Å². The third kappa shape index (κ3) is 2.58. The Kier molecular flexibility index (Phi) is 3.64. The summed E-state index contributed by atoms with van der Waals surface area (Å²) in [6.45, 7) is 7.36. The Hall–Kier alpha value is -0.730. The van der Waals surface area contributed by atoms with E-state index in [1.54, 1.807) is 6.92 Å². The number of hydrogen-bond donors (Lipinski definition) is 1. The van der Waals surface area contributed by atoms with Gasteiger partial charge in [0.2, 0.25) is 0 Å². The van der Waals surface area contributed by atoms with Gasteiger partial charge in [0.15, 0.2) is 0 Å². The van der Waals surface area contributed by atoms with Gasteiger partial charge in [0.25, 0.3) is 0 Å².